The van der Waals surface area contributed by atoms with Crippen LogP contribution in [0.25, 0.3) is 0 Å². The van der Waals surface area contributed by atoms with Crippen LogP contribution in [-0.2, 0) is 9.59 Å². The Morgan fingerprint density at radius 2 is 1.09 bits per heavy atom. The third-order valence-corrected chi connectivity index (χ3v) is 0.805. The molecule has 0 saturated heterocycles. The number of carboxylic acid groups (broad SMARTS) is 2. The molecule has 0 aliphatic carbocycles. The second kappa shape index (κ2) is 5.30. The summed E-state index contributed by atoms with van der Waals surface area (Å²) in [4.78, 5) is 19.5. The zero-order chi connectivity index (χ0) is 8.31. The van der Waals surface area contributed by atoms with Gasteiger partial charge in [0.1, 0.15) is 0 Å². The van der Waals surface area contributed by atoms with Crippen LogP contribution in [0.1, 0.15) is 0 Å². The smallest absolute Gasteiger partial charge is 0.335 e. The Balaban J connectivity index is 0. The summed E-state index contributed by atoms with van der Waals surface area (Å²) in [6, 6.07) is 0. The molecule has 2 unspecified atom stereocenters. The second-order valence-corrected chi connectivity index (χ2v) is 1.57. The lowest BCUT2D eigenvalue weighted by molar-refractivity contribution is -0.165. The average Bonchev–Trinajstić information content (AvgIpc) is 1.84. The van der Waals surface area contributed by atoms with E-state index in [0.717, 1.165) is 0 Å². The minimum atomic E-state index is -2.27. The normalized spacial score (nSPS) is 14.4. The number of aliphatic hydroxyl groups is 2. The number of aliphatic hydroxyl groups excluding tert-OH is 2. The number of rotatable bonds is 3. The van der Waals surface area contributed by atoms with Crippen LogP contribution in [0.2, 0.25) is 0 Å². The number of hydrogen-bond acceptors (Lipinski definition) is 4. The van der Waals surface area contributed by atoms with E-state index in [4.69, 9.17) is 20.4 Å². The predicted octanol–water partition coefficient (Wildman–Crippen LogP) is -3.04. The molecule has 0 radical (unpaired) electrons. The van der Waals surface area contributed by atoms with Crippen LogP contribution in [0.4, 0.5) is 0 Å². The zero-order valence-electron chi connectivity index (χ0n) is 4.76. The first-order valence-corrected chi connectivity index (χ1v) is 2.28. The van der Waals surface area contributed by atoms with Gasteiger partial charge < -0.3 is 20.4 Å². The lowest BCUT2D eigenvalue weighted by Gasteiger charge is -2.07. The van der Waals surface area contributed by atoms with Gasteiger partial charge in [0.15, 0.2) is 12.2 Å². The molecule has 0 fully saturated rings. The van der Waals surface area contributed by atoms with Crippen molar-refractivity contribution < 1.29 is 30.0 Å². The van der Waals surface area contributed by atoms with Gasteiger partial charge in [-0.3, -0.25) is 0 Å². The van der Waals surface area contributed by atoms with Crippen LogP contribution in [-0.4, -0.2) is 67.6 Å². The van der Waals surface area contributed by atoms with Crippen LogP contribution >= 0.6 is 0 Å². The largest absolute Gasteiger partial charge is 0.479 e. The average molecular weight is 176 g/mol. The molecule has 0 aromatic heterocycles. The minimum absolute atomic E-state index is 0. The summed E-state index contributed by atoms with van der Waals surface area (Å²) >= 11 is 0. The Bertz CT molecular complexity index is 139. The maximum absolute atomic E-state index is 9.77. The highest BCUT2D eigenvalue weighted by atomic mass is 24.3. The molecule has 0 aliphatic heterocycles. The molecule has 7 heteroatoms. The predicted molar refractivity (Wildman–Crippen MR) is 35.8 cm³/mol. The van der Waals surface area contributed by atoms with E-state index in [1.54, 1.807) is 0 Å². The Morgan fingerprint density at radius 3 is 1.18 bits per heavy atom. The second-order valence-electron chi connectivity index (χ2n) is 1.57. The molecule has 0 saturated carbocycles. The highest BCUT2D eigenvalue weighted by Gasteiger charge is 2.29. The fourth-order valence-electron chi connectivity index (χ4n) is 0.270. The Kier molecular flexibility index (Phi) is 6.37. The Hall–Kier alpha value is -0.374. The molecular weight excluding hydrogens is 168 g/mol. The van der Waals surface area contributed by atoms with Crippen LogP contribution < -0.4 is 0 Å². The van der Waals surface area contributed by atoms with Gasteiger partial charge in [-0.2, -0.15) is 0 Å². The van der Waals surface area contributed by atoms with Gasteiger partial charge >= 0.3 is 35.0 Å². The third-order valence-electron chi connectivity index (χ3n) is 0.805. The molecule has 0 heterocycles. The standard InChI is InChI=1S/C4H6O6.Mg.2H/c5-1(3(7)8)2(6)4(9)10;;;/h1-2,5-6H,(H,7,8)(H,9,10);;;. The van der Waals surface area contributed by atoms with Crippen molar-refractivity contribution in [2.24, 2.45) is 0 Å². The van der Waals surface area contributed by atoms with E-state index in [1.807, 2.05) is 0 Å². The molecule has 0 rings (SSSR count). The number of carboxylic acids is 2. The van der Waals surface area contributed by atoms with Gasteiger partial charge in [0.25, 0.3) is 0 Å². The number of hydrogen-bond donors (Lipinski definition) is 4. The van der Waals surface area contributed by atoms with E-state index in [2.05, 4.69) is 0 Å². The number of aliphatic carboxylic acids is 2. The molecule has 0 amide bonds. The van der Waals surface area contributed by atoms with E-state index in [0.29, 0.717) is 0 Å². The molecule has 11 heavy (non-hydrogen) atoms. The quantitative estimate of drug-likeness (QED) is 0.340. The molecule has 0 aromatic rings. The molecule has 0 spiro atoms. The molecule has 62 valence electrons. The van der Waals surface area contributed by atoms with Crippen molar-refractivity contribution in [3.63, 3.8) is 0 Å². The first-order valence-electron chi connectivity index (χ1n) is 2.28. The van der Waals surface area contributed by atoms with Gasteiger partial charge in [0, 0.05) is 0 Å². The number of carbonyl (C=O) groups is 2. The van der Waals surface area contributed by atoms with Gasteiger partial charge in [-0.15, -0.1) is 0 Å². The maximum atomic E-state index is 9.77. The topological polar surface area (TPSA) is 115 Å². The van der Waals surface area contributed by atoms with E-state index in [-0.39, 0.29) is 23.1 Å². The van der Waals surface area contributed by atoms with Crippen molar-refractivity contribution in [1.82, 2.24) is 0 Å². The first-order chi connectivity index (χ1) is 4.46. The van der Waals surface area contributed by atoms with Crippen molar-refractivity contribution in [2.45, 2.75) is 12.2 Å². The van der Waals surface area contributed by atoms with Crippen molar-refractivity contribution in [3.05, 3.63) is 0 Å². The molecule has 6 nitrogen and oxygen atoms in total. The third kappa shape index (κ3) is 4.14. The summed E-state index contributed by atoms with van der Waals surface area (Å²) in [5, 5.41) is 32.5. The monoisotopic (exact) mass is 176 g/mol. The van der Waals surface area contributed by atoms with Gasteiger partial charge in [0.2, 0.25) is 0 Å². The summed E-state index contributed by atoms with van der Waals surface area (Å²) < 4.78 is 0. The summed E-state index contributed by atoms with van der Waals surface area (Å²) in [5.41, 5.74) is 0. The minimum Gasteiger partial charge on any atom is -0.479 e. The zero-order valence-corrected chi connectivity index (χ0v) is 4.76. The SMILES string of the molecule is O=C(O)C(O)C(O)C(=O)O.[MgH2]. The Morgan fingerprint density at radius 1 is 0.909 bits per heavy atom. The summed E-state index contributed by atoms with van der Waals surface area (Å²) in [7, 11) is 0. The molecule has 0 aromatic carbocycles. The maximum Gasteiger partial charge on any atom is 0.335 e. The van der Waals surface area contributed by atoms with Crippen molar-refractivity contribution in [1.29, 1.82) is 0 Å². The van der Waals surface area contributed by atoms with Crippen molar-refractivity contribution in [2.75, 3.05) is 0 Å². The van der Waals surface area contributed by atoms with Gasteiger partial charge in [0.05, 0.1) is 0 Å². The van der Waals surface area contributed by atoms with E-state index in [9.17, 15) is 9.59 Å². The van der Waals surface area contributed by atoms with Crippen molar-refractivity contribution >= 4 is 35.0 Å². The molecule has 0 bridgehead atoms. The van der Waals surface area contributed by atoms with Crippen LogP contribution in [0.5, 0.6) is 0 Å². The van der Waals surface area contributed by atoms with Crippen molar-refractivity contribution in [3.8, 4) is 0 Å². The molecule has 2 atom stereocenters. The van der Waals surface area contributed by atoms with Crippen LogP contribution in [0.15, 0.2) is 0 Å². The summed E-state index contributed by atoms with van der Waals surface area (Å²) in [6.07, 6.45) is -4.53. The lowest BCUT2D eigenvalue weighted by atomic mass is 10.2. The fraction of sp³-hybridized carbons (Fsp3) is 0.500. The lowest BCUT2D eigenvalue weighted by Crippen LogP contribution is -2.39. The van der Waals surface area contributed by atoms with E-state index >= 15 is 0 Å². The van der Waals surface area contributed by atoms with E-state index in [1.165, 1.54) is 0 Å². The molecule has 0 aliphatic rings. The van der Waals surface area contributed by atoms with E-state index < -0.39 is 24.1 Å². The van der Waals surface area contributed by atoms with Gasteiger partial charge in [-0.05, 0) is 0 Å². The highest BCUT2D eigenvalue weighted by molar-refractivity contribution is 5.83. The molecular formula is C4H8MgO6. The first kappa shape index (κ1) is 13.2. The molecule has 4 N–H and O–H groups in total. The van der Waals surface area contributed by atoms with Crippen LogP contribution in [0.3, 0.4) is 0 Å². The Labute approximate surface area is 77.6 Å². The fourth-order valence-corrected chi connectivity index (χ4v) is 0.270. The summed E-state index contributed by atoms with van der Waals surface area (Å²) in [6.45, 7) is 0. The highest BCUT2D eigenvalue weighted by Crippen LogP contribution is 1.92. The van der Waals surface area contributed by atoms with Crippen LogP contribution in [0, 0.1) is 0 Å². The van der Waals surface area contributed by atoms with Gasteiger partial charge in [-0.25, -0.2) is 9.59 Å². The summed E-state index contributed by atoms with van der Waals surface area (Å²) in [5.74, 6) is -3.54. The van der Waals surface area contributed by atoms with Gasteiger partial charge in [-0.1, -0.05) is 0 Å².